The molecule has 0 spiro atoms. The molecule has 0 bridgehead atoms. The van der Waals surface area contributed by atoms with Gasteiger partial charge in [0.25, 0.3) is 5.56 Å². The third-order valence-corrected chi connectivity index (χ3v) is 5.99. The Morgan fingerprint density at radius 3 is 2.54 bits per heavy atom. The fourth-order valence-corrected chi connectivity index (χ4v) is 4.27. The fraction of sp³-hybridized carbons (Fsp3) is 0.333. The number of carbonyl (C=O) groups is 1. The second-order valence-corrected chi connectivity index (χ2v) is 8.68. The highest BCUT2D eigenvalue weighted by molar-refractivity contribution is 5.92. The summed E-state index contributed by atoms with van der Waals surface area (Å²) in [5, 5.41) is 13.5. The summed E-state index contributed by atoms with van der Waals surface area (Å²) in [5.74, 6) is 0.185. The number of ether oxygens (including phenoxy) is 1. The standard InChI is InChI=1S/C24H26N8O5/c1-4-8-31-21-19(22(33)32(9-5-2)24(31)36)27-20(28-21)16-11-18(29-30(16)3)37-12-17-25-14-7-6-13(23(34)35)10-15(14)26-17/h6-7,10-11H,4-5,8-9,12H2,1-3H3,(H,25,26)(H,27,28)(H,34,35). The Kier molecular flexibility index (Phi) is 6.11. The van der Waals surface area contributed by atoms with Gasteiger partial charge >= 0.3 is 11.7 Å². The van der Waals surface area contributed by atoms with Crippen LogP contribution in [0.1, 0.15) is 42.9 Å². The molecule has 4 aromatic heterocycles. The molecule has 4 heterocycles. The van der Waals surface area contributed by atoms with Crippen LogP contribution in [0.25, 0.3) is 33.7 Å². The van der Waals surface area contributed by atoms with Gasteiger partial charge in [-0.25, -0.2) is 19.6 Å². The Hall–Kier alpha value is -4.68. The van der Waals surface area contributed by atoms with Gasteiger partial charge < -0.3 is 19.8 Å². The van der Waals surface area contributed by atoms with Gasteiger partial charge in [-0.1, -0.05) is 13.8 Å². The molecule has 37 heavy (non-hydrogen) atoms. The van der Waals surface area contributed by atoms with Gasteiger partial charge in [0, 0.05) is 26.2 Å². The fourth-order valence-electron chi connectivity index (χ4n) is 4.27. The number of rotatable bonds is 9. The molecule has 0 aliphatic heterocycles. The number of benzene rings is 1. The molecule has 0 saturated carbocycles. The predicted molar refractivity (Wildman–Crippen MR) is 135 cm³/mol. The number of aryl methyl sites for hydroxylation is 2. The van der Waals surface area contributed by atoms with Crippen LogP contribution in [-0.2, 0) is 26.7 Å². The summed E-state index contributed by atoms with van der Waals surface area (Å²) < 4.78 is 10.1. The maximum atomic E-state index is 13.0. The van der Waals surface area contributed by atoms with Gasteiger partial charge in [0.1, 0.15) is 23.6 Å². The van der Waals surface area contributed by atoms with Gasteiger partial charge in [-0.05, 0) is 31.0 Å². The summed E-state index contributed by atoms with van der Waals surface area (Å²) in [6.45, 7) is 4.71. The molecular formula is C24H26N8O5. The Balaban J connectivity index is 1.45. The molecule has 1 aromatic carbocycles. The van der Waals surface area contributed by atoms with Crippen LogP contribution in [0, 0.1) is 0 Å². The second-order valence-electron chi connectivity index (χ2n) is 8.68. The lowest BCUT2D eigenvalue weighted by molar-refractivity contribution is 0.0697. The molecule has 13 heteroatoms. The molecule has 0 unspecified atom stereocenters. The summed E-state index contributed by atoms with van der Waals surface area (Å²) in [7, 11) is 1.72. The second kappa shape index (κ2) is 9.41. The number of H-pyrrole nitrogens is 2. The summed E-state index contributed by atoms with van der Waals surface area (Å²) >= 11 is 0. The molecule has 0 saturated heterocycles. The van der Waals surface area contributed by atoms with Gasteiger partial charge in [-0.2, -0.15) is 0 Å². The normalized spacial score (nSPS) is 11.5. The summed E-state index contributed by atoms with van der Waals surface area (Å²) in [5.41, 5.74) is 1.76. The van der Waals surface area contributed by atoms with E-state index in [1.165, 1.54) is 21.3 Å². The van der Waals surface area contributed by atoms with E-state index in [0.717, 1.165) is 0 Å². The van der Waals surface area contributed by atoms with E-state index in [2.05, 4.69) is 25.0 Å². The molecular weight excluding hydrogens is 480 g/mol. The number of hydrogen-bond acceptors (Lipinski definition) is 7. The highest BCUT2D eigenvalue weighted by Gasteiger charge is 2.20. The minimum atomic E-state index is -1.02. The van der Waals surface area contributed by atoms with Crippen molar-refractivity contribution in [2.45, 2.75) is 46.4 Å². The molecule has 3 N–H and O–H groups in total. The molecule has 0 aliphatic rings. The maximum absolute atomic E-state index is 13.0. The molecule has 0 radical (unpaired) electrons. The van der Waals surface area contributed by atoms with Crippen LogP contribution in [0.5, 0.6) is 5.88 Å². The van der Waals surface area contributed by atoms with Crippen molar-refractivity contribution in [2.24, 2.45) is 7.05 Å². The smallest absolute Gasteiger partial charge is 0.335 e. The number of nitrogens with one attached hydrogen (secondary N) is 2. The Bertz CT molecular complexity index is 1750. The first-order valence-electron chi connectivity index (χ1n) is 11.9. The highest BCUT2D eigenvalue weighted by atomic mass is 16.5. The molecule has 192 valence electrons. The lowest BCUT2D eigenvalue weighted by atomic mass is 10.2. The first-order valence-corrected chi connectivity index (χ1v) is 11.9. The molecule has 0 atom stereocenters. The van der Waals surface area contributed by atoms with Crippen molar-refractivity contribution in [3.63, 3.8) is 0 Å². The van der Waals surface area contributed by atoms with Crippen LogP contribution >= 0.6 is 0 Å². The lowest BCUT2D eigenvalue weighted by Crippen LogP contribution is -2.40. The topological polar surface area (TPSA) is 166 Å². The number of aromatic amines is 2. The molecule has 0 fully saturated rings. The van der Waals surface area contributed by atoms with Gasteiger partial charge in [-0.15, -0.1) is 5.10 Å². The van der Waals surface area contributed by atoms with Crippen molar-refractivity contribution in [3.8, 4) is 17.4 Å². The highest BCUT2D eigenvalue weighted by Crippen LogP contribution is 2.23. The Morgan fingerprint density at radius 2 is 1.81 bits per heavy atom. The minimum absolute atomic E-state index is 0.0748. The third-order valence-electron chi connectivity index (χ3n) is 5.99. The summed E-state index contributed by atoms with van der Waals surface area (Å²) in [6, 6.07) is 6.31. The summed E-state index contributed by atoms with van der Waals surface area (Å²) in [4.78, 5) is 52.3. The minimum Gasteiger partial charge on any atom is -0.478 e. The van der Waals surface area contributed by atoms with Crippen molar-refractivity contribution < 1.29 is 14.6 Å². The van der Waals surface area contributed by atoms with E-state index in [1.807, 2.05) is 13.8 Å². The van der Waals surface area contributed by atoms with E-state index in [4.69, 9.17) is 9.84 Å². The van der Waals surface area contributed by atoms with Crippen molar-refractivity contribution in [1.82, 2.24) is 38.9 Å². The molecule has 5 aromatic rings. The zero-order valence-corrected chi connectivity index (χ0v) is 20.6. The number of aromatic carboxylic acids is 1. The number of hydrogen-bond donors (Lipinski definition) is 3. The zero-order valence-electron chi connectivity index (χ0n) is 20.6. The van der Waals surface area contributed by atoms with Gasteiger partial charge in [0.2, 0.25) is 5.88 Å². The predicted octanol–water partition coefficient (Wildman–Crippen LogP) is 2.26. The van der Waals surface area contributed by atoms with E-state index in [0.29, 0.717) is 65.8 Å². The number of fused-ring (bicyclic) bond motifs is 2. The monoisotopic (exact) mass is 506 g/mol. The number of nitrogens with zero attached hydrogens (tertiary/aromatic N) is 6. The number of imidazole rings is 2. The Labute approximate surface area is 209 Å². The Morgan fingerprint density at radius 1 is 1.05 bits per heavy atom. The van der Waals surface area contributed by atoms with Crippen LogP contribution in [-0.4, -0.2) is 49.9 Å². The van der Waals surface area contributed by atoms with Crippen LogP contribution in [0.15, 0.2) is 33.9 Å². The van der Waals surface area contributed by atoms with E-state index < -0.39 is 11.5 Å². The first kappa shape index (κ1) is 24.0. The van der Waals surface area contributed by atoms with E-state index in [1.54, 1.807) is 23.9 Å². The number of carboxylic acids is 1. The van der Waals surface area contributed by atoms with Crippen molar-refractivity contribution in [3.05, 3.63) is 56.5 Å². The van der Waals surface area contributed by atoms with Crippen LogP contribution < -0.4 is 16.0 Å². The SMILES string of the molecule is CCCn1c(=O)c2[nH]c(-c3cc(OCc4nc5ccc(C(=O)O)cc5[nH]4)nn3C)nc2n(CCC)c1=O. The quantitative estimate of drug-likeness (QED) is 0.274. The zero-order chi connectivity index (χ0) is 26.3. The van der Waals surface area contributed by atoms with Gasteiger partial charge in [0.15, 0.2) is 11.5 Å². The van der Waals surface area contributed by atoms with Crippen LogP contribution in [0.2, 0.25) is 0 Å². The number of aromatic nitrogens is 8. The molecule has 0 amide bonds. The average molecular weight is 507 g/mol. The molecule has 0 aliphatic carbocycles. The van der Waals surface area contributed by atoms with E-state index >= 15 is 0 Å². The van der Waals surface area contributed by atoms with Crippen molar-refractivity contribution in [1.29, 1.82) is 0 Å². The largest absolute Gasteiger partial charge is 0.478 e. The third kappa shape index (κ3) is 4.28. The van der Waals surface area contributed by atoms with Gasteiger partial charge in [0.05, 0.1) is 16.6 Å². The van der Waals surface area contributed by atoms with Gasteiger partial charge in [-0.3, -0.25) is 18.6 Å². The first-order chi connectivity index (χ1) is 17.8. The van der Waals surface area contributed by atoms with E-state index in [-0.39, 0.29) is 23.4 Å². The van der Waals surface area contributed by atoms with Crippen molar-refractivity contribution in [2.75, 3.05) is 0 Å². The van der Waals surface area contributed by atoms with E-state index in [9.17, 15) is 14.4 Å². The number of carboxylic acid groups (broad SMARTS) is 1. The van der Waals surface area contributed by atoms with Crippen LogP contribution in [0.3, 0.4) is 0 Å². The molecule has 13 nitrogen and oxygen atoms in total. The lowest BCUT2D eigenvalue weighted by Gasteiger charge is -2.09. The van der Waals surface area contributed by atoms with Crippen LogP contribution in [0.4, 0.5) is 0 Å². The van der Waals surface area contributed by atoms with Crippen molar-refractivity contribution >= 4 is 28.2 Å². The molecule has 5 rings (SSSR count). The average Bonchev–Trinajstić information content (AvgIpc) is 3.58. The summed E-state index contributed by atoms with van der Waals surface area (Å²) in [6.07, 6.45) is 1.37. The maximum Gasteiger partial charge on any atom is 0.335 e.